The molecule has 0 aromatic heterocycles. The van der Waals surface area contributed by atoms with Crippen molar-refractivity contribution in [3.8, 4) is 0 Å². The smallest absolute Gasteiger partial charge is 0.114 e. The topological polar surface area (TPSA) is 21.6 Å². The molecule has 0 saturated heterocycles. The third kappa shape index (κ3) is 4.08. The van der Waals surface area contributed by atoms with Crippen molar-refractivity contribution in [2.75, 3.05) is 6.61 Å². The summed E-state index contributed by atoms with van der Waals surface area (Å²) in [6.45, 7) is 4.61. The Balaban J connectivity index is 2.31. The van der Waals surface area contributed by atoms with Crippen molar-refractivity contribution >= 4 is 6.21 Å². The van der Waals surface area contributed by atoms with Gasteiger partial charge in [0.1, 0.15) is 6.61 Å². The van der Waals surface area contributed by atoms with E-state index in [-0.39, 0.29) is 0 Å². The largest absolute Gasteiger partial charge is 0.396 e. The zero-order valence-corrected chi connectivity index (χ0v) is 8.79. The molecule has 2 nitrogen and oxygen atoms in total. The highest BCUT2D eigenvalue weighted by atomic mass is 16.6. The van der Waals surface area contributed by atoms with Gasteiger partial charge in [-0.3, -0.25) is 0 Å². The van der Waals surface area contributed by atoms with Gasteiger partial charge in [-0.15, -0.1) is 0 Å². The molecule has 1 aromatic carbocycles. The van der Waals surface area contributed by atoms with Crippen molar-refractivity contribution in [2.45, 2.75) is 26.7 Å². The van der Waals surface area contributed by atoms with Gasteiger partial charge in [-0.25, -0.2) is 0 Å². The normalized spacial score (nSPS) is 10.7. The van der Waals surface area contributed by atoms with Crippen LogP contribution in [0.5, 0.6) is 0 Å². The summed E-state index contributed by atoms with van der Waals surface area (Å²) in [5, 5.41) is 3.79. The molecule has 75 valence electrons. The molecule has 0 fully saturated rings. The molecule has 0 aliphatic rings. The fourth-order valence-corrected chi connectivity index (χ4v) is 1.21. The molecule has 0 heterocycles. The second-order valence-corrected chi connectivity index (χ2v) is 3.12. The first-order chi connectivity index (χ1) is 6.83. The molecule has 0 unspecified atom stereocenters. The molecule has 0 aliphatic carbocycles. The predicted molar refractivity (Wildman–Crippen MR) is 58.5 cm³/mol. The lowest BCUT2D eigenvalue weighted by Crippen LogP contribution is -1.88. The van der Waals surface area contributed by atoms with Gasteiger partial charge >= 0.3 is 0 Å². The Kier molecular flexibility index (Phi) is 4.76. The SMILES string of the molecule is CCON=CCCc1cc[c]c(C)c1. The Morgan fingerprint density at radius 1 is 1.57 bits per heavy atom. The van der Waals surface area contributed by atoms with Crippen molar-refractivity contribution in [1.82, 2.24) is 0 Å². The Hall–Kier alpha value is -1.31. The summed E-state index contributed by atoms with van der Waals surface area (Å²) in [7, 11) is 0. The van der Waals surface area contributed by atoms with Gasteiger partial charge in [0.2, 0.25) is 0 Å². The van der Waals surface area contributed by atoms with Gasteiger partial charge in [0.25, 0.3) is 0 Å². The molecule has 1 rings (SSSR count). The molecule has 2 heteroatoms. The van der Waals surface area contributed by atoms with E-state index in [1.54, 1.807) is 0 Å². The van der Waals surface area contributed by atoms with E-state index in [9.17, 15) is 0 Å². The first-order valence-electron chi connectivity index (χ1n) is 4.94. The van der Waals surface area contributed by atoms with Gasteiger partial charge in [0, 0.05) is 6.21 Å². The lowest BCUT2D eigenvalue weighted by atomic mass is 10.1. The van der Waals surface area contributed by atoms with Crippen LogP contribution in [-0.2, 0) is 11.3 Å². The first-order valence-corrected chi connectivity index (χ1v) is 4.94. The second kappa shape index (κ2) is 6.19. The highest BCUT2D eigenvalue weighted by Gasteiger charge is 1.91. The number of rotatable bonds is 5. The molecule has 0 amide bonds. The third-order valence-corrected chi connectivity index (χ3v) is 1.85. The fourth-order valence-electron chi connectivity index (χ4n) is 1.21. The van der Waals surface area contributed by atoms with Crippen LogP contribution in [0.1, 0.15) is 24.5 Å². The van der Waals surface area contributed by atoms with Crippen LogP contribution in [-0.4, -0.2) is 12.8 Å². The minimum Gasteiger partial charge on any atom is -0.396 e. The number of aryl methyl sites for hydroxylation is 2. The van der Waals surface area contributed by atoms with E-state index < -0.39 is 0 Å². The van der Waals surface area contributed by atoms with E-state index >= 15 is 0 Å². The molecule has 0 saturated carbocycles. The number of hydrogen-bond acceptors (Lipinski definition) is 2. The van der Waals surface area contributed by atoms with Gasteiger partial charge in [0.05, 0.1) is 0 Å². The van der Waals surface area contributed by atoms with Gasteiger partial charge < -0.3 is 4.84 Å². The molecule has 0 N–H and O–H groups in total. The molecule has 0 atom stereocenters. The van der Waals surface area contributed by atoms with E-state index in [1.807, 2.05) is 19.2 Å². The average Bonchev–Trinajstić information content (AvgIpc) is 2.18. The lowest BCUT2D eigenvalue weighted by molar-refractivity contribution is 0.160. The minimum absolute atomic E-state index is 0.635. The fraction of sp³-hybridized carbons (Fsp3) is 0.417. The quantitative estimate of drug-likeness (QED) is 0.517. The van der Waals surface area contributed by atoms with Crippen LogP contribution in [0.4, 0.5) is 0 Å². The molecule has 1 radical (unpaired) electrons. The summed E-state index contributed by atoms with van der Waals surface area (Å²) in [5.41, 5.74) is 2.51. The molecular formula is C12H16NO. The van der Waals surface area contributed by atoms with E-state index in [1.165, 1.54) is 11.1 Å². The maximum absolute atomic E-state index is 4.86. The maximum atomic E-state index is 4.86. The van der Waals surface area contributed by atoms with Crippen LogP contribution in [0.15, 0.2) is 23.4 Å². The summed E-state index contributed by atoms with van der Waals surface area (Å²) in [5.74, 6) is 0. The number of benzene rings is 1. The number of hydrogen-bond donors (Lipinski definition) is 0. The summed E-state index contributed by atoms with van der Waals surface area (Å²) in [6, 6.07) is 9.32. The van der Waals surface area contributed by atoms with Crippen LogP contribution >= 0.6 is 0 Å². The van der Waals surface area contributed by atoms with Crippen LogP contribution in [0.2, 0.25) is 0 Å². The van der Waals surface area contributed by atoms with Crippen molar-refractivity contribution in [3.05, 3.63) is 35.4 Å². The molecule has 0 bridgehead atoms. The van der Waals surface area contributed by atoms with Crippen LogP contribution in [0, 0.1) is 13.0 Å². The van der Waals surface area contributed by atoms with Crippen molar-refractivity contribution in [1.29, 1.82) is 0 Å². The highest BCUT2D eigenvalue weighted by Crippen LogP contribution is 2.04. The molecule has 14 heavy (non-hydrogen) atoms. The first kappa shape index (κ1) is 10.8. The van der Waals surface area contributed by atoms with Gasteiger partial charge in [-0.1, -0.05) is 23.4 Å². The van der Waals surface area contributed by atoms with E-state index in [2.05, 4.69) is 30.3 Å². The highest BCUT2D eigenvalue weighted by molar-refractivity contribution is 5.56. The monoisotopic (exact) mass is 190 g/mol. The molecule has 0 spiro atoms. The van der Waals surface area contributed by atoms with Crippen LogP contribution < -0.4 is 0 Å². The standard InChI is InChI=1S/C12H16NO/c1-3-14-13-9-5-8-12-7-4-6-11(2)10-12/h4,7,9-10H,3,5,8H2,1-2H3. The molecular weight excluding hydrogens is 174 g/mol. The Morgan fingerprint density at radius 3 is 3.14 bits per heavy atom. The third-order valence-electron chi connectivity index (χ3n) is 1.85. The second-order valence-electron chi connectivity index (χ2n) is 3.12. The van der Waals surface area contributed by atoms with Crippen LogP contribution in [0.25, 0.3) is 0 Å². The Morgan fingerprint density at radius 2 is 2.43 bits per heavy atom. The molecule has 0 aliphatic heterocycles. The Labute approximate surface area is 85.6 Å². The lowest BCUT2D eigenvalue weighted by Gasteiger charge is -1.98. The minimum atomic E-state index is 0.635. The Bertz CT molecular complexity index is 294. The maximum Gasteiger partial charge on any atom is 0.114 e. The number of nitrogens with zero attached hydrogens (tertiary/aromatic N) is 1. The van der Waals surface area contributed by atoms with Gasteiger partial charge in [0.15, 0.2) is 0 Å². The average molecular weight is 190 g/mol. The summed E-state index contributed by atoms with van der Waals surface area (Å²) >= 11 is 0. The van der Waals surface area contributed by atoms with Crippen molar-refractivity contribution in [2.24, 2.45) is 5.16 Å². The zero-order valence-electron chi connectivity index (χ0n) is 8.79. The summed E-state index contributed by atoms with van der Waals surface area (Å²) in [6.07, 6.45) is 3.74. The zero-order chi connectivity index (χ0) is 10.2. The van der Waals surface area contributed by atoms with E-state index in [0.29, 0.717) is 6.61 Å². The van der Waals surface area contributed by atoms with Gasteiger partial charge in [-0.05, 0) is 43.9 Å². The summed E-state index contributed by atoms with van der Waals surface area (Å²) < 4.78 is 0. The van der Waals surface area contributed by atoms with Crippen molar-refractivity contribution < 1.29 is 4.84 Å². The number of oxime groups is 1. The predicted octanol–water partition coefficient (Wildman–Crippen LogP) is 2.75. The van der Waals surface area contributed by atoms with E-state index in [4.69, 9.17) is 4.84 Å². The van der Waals surface area contributed by atoms with Crippen LogP contribution in [0.3, 0.4) is 0 Å². The van der Waals surface area contributed by atoms with E-state index in [0.717, 1.165) is 12.8 Å². The molecule has 1 aromatic rings. The van der Waals surface area contributed by atoms with Crippen molar-refractivity contribution in [3.63, 3.8) is 0 Å². The van der Waals surface area contributed by atoms with Gasteiger partial charge in [-0.2, -0.15) is 0 Å². The summed E-state index contributed by atoms with van der Waals surface area (Å²) in [4.78, 5) is 4.86.